The molecule has 2 spiro atoms. The Morgan fingerprint density at radius 1 is 1.11 bits per heavy atom. The molecule has 1 aliphatic heterocycles. The Hall–Kier alpha value is -1.38. The standard InChI is InChI=1S/C25H30O3/c1-2-24-7-5-15-16-4-3-14(26)11-19(16)23(9-10-23)13-18(15)22(24)17-12-20(17)25(24)8-6-21(27)28-25/h6,8,11,15-18,20,22H,2-5,7,9-10,12-13H2,1H3/t15?,16-,17?,18?,20?,22?,24+,25+/m1/s1. The Bertz CT molecular complexity index is 863. The zero-order valence-electron chi connectivity index (χ0n) is 16.8. The lowest BCUT2D eigenvalue weighted by Crippen LogP contribution is -2.57. The molecule has 5 fully saturated rings. The summed E-state index contributed by atoms with van der Waals surface area (Å²) >= 11 is 0. The number of rotatable bonds is 1. The third kappa shape index (κ3) is 1.67. The second-order valence-electron chi connectivity index (χ2n) is 11.2. The van der Waals surface area contributed by atoms with Gasteiger partial charge in [-0.25, -0.2) is 4.79 Å². The molecule has 0 amide bonds. The maximum absolute atomic E-state index is 12.2. The average Bonchev–Trinajstić information content (AvgIpc) is 3.60. The minimum atomic E-state index is -0.297. The summed E-state index contributed by atoms with van der Waals surface area (Å²) in [6.45, 7) is 2.35. The molecule has 7 rings (SSSR count). The molecule has 0 saturated heterocycles. The fraction of sp³-hybridized carbons (Fsp3) is 0.760. The first-order valence-electron chi connectivity index (χ1n) is 11.7. The predicted octanol–water partition coefficient (Wildman–Crippen LogP) is 4.62. The van der Waals surface area contributed by atoms with Crippen LogP contribution < -0.4 is 0 Å². The number of ether oxygens (including phenoxy) is 1. The van der Waals surface area contributed by atoms with Crippen LogP contribution in [0.25, 0.3) is 0 Å². The number of hydrogen-bond donors (Lipinski definition) is 0. The molecule has 3 nitrogen and oxygen atoms in total. The molecule has 5 unspecified atom stereocenters. The summed E-state index contributed by atoms with van der Waals surface area (Å²) in [6, 6.07) is 0. The van der Waals surface area contributed by atoms with E-state index in [0.29, 0.717) is 29.0 Å². The smallest absolute Gasteiger partial charge is 0.331 e. The van der Waals surface area contributed by atoms with E-state index < -0.39 is 0 Å². The Labute approximate surface area is 167 Å². The van der Waals surface area contributed by atoms with Crippen LogP contribution in [0.1, 0.15) is 64.7 Å². The average molecular weight is 379 g/mol. The predicted molar refractivity (Wildman–Crippen MR) is 104 cm³/mol. The summed E-state index contributed by atoms with van der Waals surface area (Å²) < 4.78 is 6.19. The summed E-state index contributed by atoms with van der Waals surface area (Å²) in [7, 11) is 0. The molecule has 0 aromatic carbocycles. The van der Waals surface area contributed by atoms with Gasteiger partial charge in [-0.2, -0.15) is 0 Å². The number of allylic oxidation sites excluding steroid dienone is 1. The van der Waals surface area contributed by atoms with E-state index >= 15 is 0 Å². The normalized spacial score (nSPS) is 54.0. The number of carbonyl (C=O) groups is 2. The van der Waals surface area contributed by atoms with Crippen molar-refractivity contribution in [2.24, 2.45) is 46.3 Å². The van der Waals surface area contributed by atoms with Crippen molar-refractivity contribution < 1.29 is 14.3 Å². The molecule has 0 bridgehead atoms. The molecule has 5 saturated carbocycles. The van der Waals surface area contributed by atoms with Gasteiger partial charge in [-0.1, -0.05) is 12.5 Å². The maximum Gasteiger partial charge on any atom is 0.331 e. The molecular formula is C25H30O3. The molecule has 148 valence electrons. The van der Waals surface area contributed by atoms with Crippen molar-refractivity contribution >= 4 is 11.8 Å². The van der Waals surface area contributed by atoms with Crippen molar-refractivity contribution in [2.45, 2.75) is 70.3 Å². The first-order chi connectivity index (χ1) is 13.5. The van der Waals surface area contributed by atoms with Crippen molar-refractivity contribution in [1.29, 1.82) is 0 Å². The Morgan fingerprint density at radius 3 is 2.68 bits per heavy atom. The summed E-state index contributed by atoms with van der Waals surface area (Å²) in [5.74, 6) is 4.49. The Kier molecular flexibility index (Phi) is 2.84. The first-order valence-corrected chi connectivity index (χ1v) is 11.7. The van der Waals surface area contributed by atoms with Gasteiger partial charge in [-0.3, -0.25) is 4.79 Å². The molecule has 1 heterocycles. The van der Waals surface area contributed by atoms with E-state index in [0.717, 1.165) is 37.0 Å². The second-order valence-corrected chi connectivity index (χ2v) is 11.2. The van der Waals surface area contributed by atoms with E-state index in [-0.39, 0.29) is 17.0 Å². The fourth-order valence-electron chi connectivity index (χ4n) is 9.51. The summed E-state index contributed by atoms with van der Waals surface area (Å²) in [5.41, 5.74) is 1.78. The van der Waals surface area contributed by atoms with E-state index in [4.69, 9.17) is 4.74 Å². The fourth-order valence-corrected chi connectivity index (χ4v) is 9.51. The molecule has 28 heavy (non-hydrogen) atoms. The summed E-state index contributed by atoms with van der Waals surface area (Å²) in [5, 5.41) is 0. The highest BCUT2D eigenvalue weighted by molar-refractivity contribution is 5.91. The molecule has 0 aromatic heterocycles. The molecule has 0 N–H and O–H groups in total. The first kappa shape index (κ1) is 16.4. The molecule has 0 aromatic rings. The molecule has 3 heteroatoms. The van der Waals surface area contributed by atoms with Gasteiger partial charge in [0, 0.05) is 23.8 Å². The van der Waals surface area contributed by atoms with E-state index in [1.165, 1.54) is 38.5 Å². The number of ketones is 1. The summed E-state index contributed by atoms with van der Waals surface area (Å²) in [4.78, 5) is 24.4. The SMILES string of the molecule is CC[C@]12CCC3C(CC4(CC4)C4=CC(=O)CC[C@@H]43)C1C1CC1[C@@]21C=CC(=O)O1. The van der Waals surface area contributed by atoms with Gasteiger partial charge < -0.3 is 4.74 Å². The molecule has 7 aliphatic rings. The van der Waals surface area contributed by atoms with Crippen molar-refractivity contribution in [3.05, 3.63) is 23.8 Å². The number of fused-ring (bicyclic) bond motifs is 10. The van der Waals surface area contributed by atoms with Gasteiger partial charge in [-0.15, -0.1) is 0 Å². The van der Waals surface area contributed by atoms with Crippen LogP contribution in [0.5, 0.6) is 0 Å². The number of hydrogen-bond acceptors (Lipinski definition) is 3. The van der Waals surface area contributed by atoms with Gasteiger partial charge in [-0.05, 0) is 98.5 Å². The molecule has 8 atom stereocenters. The van der Waals surface area contributed by atoms with Gasteiger partial charge in [0.15, 0.2) is 5.78 Å². The molecule has 0 radical (unpaired) electrons. The highest BCUT2D eigenvalue weighted by Gasteiger charge is 2.79. The van der Waals surface area contributed by atoms with Crippen LogP contribution in [-0.2, 0) is 14.3 Å². The molecule has 6 aliphatic carbocycles. The maximum atomic E-state index is 12.2. The lowest BCUT2D eigenvalue weighted by atomic mass is 9.46. The zero-order valence-corrected chi connectivity index (χ0v) is 16.8. The van der Waals surface area contributed by atoms with Crippen LogP contribution >= 0.6 is 0 Å². The van der Waals surface area contributed by atoms with Crippen LogP contribution in [0, 0.1) is 46.3 Å². The Morgan fingerprint density at radius 2 is 1.96 bits per heavy atom. The van der Waals surface area contributed by atoms with E-state index in [1.54, 1.807) is 11.6 Å². The second kappa shape index (κ2) is 4.84. The van der Waals surface area contributed by atoms with Crippen LogP contribution in [-0.4, -0.2) is 17.4 Å². The van der Waals surface area contributed by atoms with E-state index in [2.05, 4.69) is 19.1 Å². The van der Waals surface area contributed by atoms with Gasteiger partial charge in [0.25, 0.3) is 0 Å². The quantitative estimate of drug-likeness (QED) is 0.626. The lowest BCUT2D eigenvalue weighted by Gasteiger charge is -2.59. The lowest BCUT2D eigenvalue weighted by molar-refractivity contribution is -0.173. The number of carbonyl (C=O) groups excluding carboxylic acids is 2. The molecular weight excluding hydrogens is 348 g/mol. The minimum absolute atomic E-state index is 0.112. The van der Waals surface area contributed by atoms with Crippen LogP contribution in [0.2, 0.25) is 0 Å². The van der Waals surface area contributed by atoms with E-state index in [1.807, 2.05) is 0 Å². The monoisotopic (exact) mass is 378 g/mol. The van der Waals surface area contributed by atoms with Gasteiger partial charge in [0.1, 0.15) is 5.60 Å². The zero-order chi connectivity index (χ0) is 18.9. The van der Waals surface area contributed by atoms with Crippen LogP contribution in [0.3, 0.4) is 0 Å². The van der Waals surface area contributed by atoms with Crippen molar-refractivity contribution in [3.63, 3.8) is 0 Å². The van der Waals surface area contributed by atoms with Gasteiger partial charge in [0.2, 0.25) is 0 Å². The van der Waals surface area contributed by atoms with Crippen molar-refractivity contribution in [2.75, 3.05) is 0 Å². The summed E-state index contributed by atoms with van der Waals surface area (Å²) in [6.07, 6.45) is 16.6. The number of esters is 1. The highest BCUT2D eigenvalue weighted by Crippen LogP contribution is 2.80. The van der Waals surface area contributed by atoms with Gasteiger partial charge >= 0.3 is 5.97 Å². The van der Waals surface area contributed by atoms with Crippen molar-refractivity contribution in [3.8, 4) is 0 Å². The largest absolute Gasteiger partial charge is 0.451 e. The van der Waals surface area contributed by atoms with Crippen LogP contribution in [0.4, 0.5) is 0 Å². The Balaban J connectivity index is 1.33. The van der Waals surface area contributed by atoms with E-state index in [9.17, 15) is 9.59 Å². The highest BCUT2D eigenvalue weighted by atomic mass is 16.6. The topological polar surface area (TPSA) is 43.4 Å². The van der Waals surface area contributed by atoms with Crippen molar-refractivity contribution in [1.82, 2.24) is 0 Å². The van der Waals surface area contributed by atoms with Gasteiger partial charge in [0.05, 0.1) is 0 Å². The minimum Gasteiger partial charge on any atom is -0.451 e. The third-order valence-corrected chi connectivity index (χ3v) is 10.6. The van der Waals surface area contributed by atoms with Crippen LogP contribution in [0.15, 0.2) is 23.8 Å². The third-order valence-electron chi connectivity index (χ3n) is 10.6.